The van der Waals surface area contributed by atoms with E-state index in [2.05, 4.69) is 5.10 Å². The molecule has 0 fully saturated rings. The lowest BCUT2D eigenvalue weighted by molar-refractivity contribution is 0.462. The summed E-state index contributed by atoms with van der Waals surface area (Å²) < 4.78 is 21.7. The molecule has 0 aromatic heterocycles. The highest BCUT2D eigenvalue weighted by Gasteiger charge is 2.15. The highest BCUT2D eigenvalue weighted by atomic mass is 32.2. The van der Waals surface area contributed by atoms with Gasteiger partial charge < -0.3 is 0 Å². The summed E-state index contributed by atoms with van der Waals surface area (Å²) in [6.45, 7) is 0.374. The quantitative estimate of drug-likeness (QED) is 0.512. The van der Waals surface area contributed by atoms with Crippen molar-refractivity contribution in [1.29, 1.82) is 0 Å². The van der Waals surface area contributed by atoms with Crippen LogP contribution in [0, 0.1) is 0 Å². The largest absolute Gasteiger partial charge is 0.313 e. The minimum absolute atomic E-state index is 0.374. The van der Waals surface area contributed by atoms with Gasteiger partial charge in [-0.15, -0.1) is 0 Å². The zero-order chi connectivity index (χ0) is 6.91. The Hall–Kier alpha value is -0.620. The monoisotopic (exact) mass is 149 g/mol. The average Bonchev–Trinajstić information content (AvgIpc) is 2.08. The van der Waals surface area contributed by atoms with Gasteiger partial charge in [0, 0.05) is 12.6 Å². The van der Waals surface area contributed by atoms with Crippen LogP contribution in [-0.2, 0) is 10.2 Å². The van der Waals surface area contributed by atoms with Gasteiger partial charge in [0.05, 0.1) is 6.54 Å². The van der Waals surface area contributed by atoms with Crippen LogP contribution in [0.5, 0.6) is 0 Å². The number of nitrogens with two attached hydrogens (primary N) is 1. The van der Waals surface area contributed by atoms with Gasteiger partial charge in [-0.2, -0.15) is 17.9 Å². The van der Waals surface area contributed by atoms with Crippen LogP contribution in [0.25, 0.3) is 0 Å². The number of hydrogen-bond acceptors (Lipinski definition) is 3. The first-order valence-corrected chi connectivity index (χ1v) is 3.94. The Bertz CT molecular complexity index is 219. The van der Waals surface area contributed by atoms with Gasteiger partial charge in [0.2, 0.25) is 0 Å². The van der Waals surface area contributed by atoms with E-state index in [1.807, 2.05) is 0 Å². The van der Waals surface area contributed by atoms with E-state index in [1.54, 1.807) is 0 Å². The zero-order valence-corrected chi connectivity index (χ0v) is 5.50. The normalized spacial score (nSPS) is 19.0. The second kappa shape index (κ2) is 1.96. The van der Waals surface area contributed by atoms with Gasteiger partial charge in [0.25, 0.3) is 0 Å². The molecule has 5 nitrogen and oxygen atoms in total. The smallest absolute Gasteiger partial charge is 0.210 e. The van der Waals surface area contributed by atoms with E-state index in [9.17, 15) is 8.42 Å². The molecule has 1 rings (SSSR count). The van der Waals surface area contributed by atoms with E-state index < -0.39 is 10.2 Å². The van der Waals surface area contributed by atoms with Crippen LogP contribution in [0.15, 0.2) is 5.10 Å². The minimum atomic E-state index is -3.57. The molecule has 0 saturated heterocycles. The second-order valence-electron chi connectivity index (χ2n) is 1.68. The summed E-state index contributed by atoms with van der Waals surface area (Å²) >= 11 is 0. The molecule has 0 atom stereocenters. The van der Waals surface area contributed by atoms with Crippen molar-refractivity contribution in [3.63, 3.8) is 0 Å². The van der Waals surface area contributed by atoms with Crippen LogP contribution < -0.4 is 5.14 Å². The molecule has 0 aromatic rings. The van der Waals surface area contributed by atoms with Crippen LogP contribution in [0.4, 0.5) is 0 Å². The Morgan fingerprint density at radius 3 is 2.56 bits per heavy atom. The van der Waals surface area contributed by atoms with Crippen LogP contribution in [-0.4, -0.2) is 25.6 Å². The topological polar surface area (TPSA) is 75.8 Å². The van der Waals surface area contributed by atoms with Gasteiger partial charge >= 0.3 is 10.2 Å². The highest BCUT2D eigenvalue weighted by Crippen LogP contribution is 2.01. The summed E-state index contributed by atoms with van der Waals surface area (Å²) in [5, 5.41) is 8.23. The fourth-order valence-corrected chi connectivity index (χ4v) is 1.13. The molecule has 1 aliphatic heterocycles. The van der Waals surface area contributed by atoms with E-state index in [4.69, 9.17) is 5.14 Å². The van der Waals surface area contributed by atoms with E-state index in [-0.39, 0.29) is 0 Å². The molecule has 6 heteroatoms. The summed E-state index contributed by atoms with van der Waals surface area (Å²) in [7, 11) is -3.57. The van der Waals surface area contributed by atoms with E-state index >= 15 is 0 Å². The lowest BCUT2D eigenvalue weighted by Gasteiger charge is -2.07. The molecule has 0 spiro atoms. The van der Waals surface area contributed by atoms with Crippen LogP contribution in [0.2, 0.25) is 0 Å². The molecule has 0 radical (unpaired) electrons. The lowest BCUT2D eigenvalue weighted by Crippen LogP contribution is -2.30. The molecule has 0 aromatic carbocycles. The van der Waals surface area contributed by atoms with E-state index in [0.717, 1.165) is 4.41 Å². The van der Waals surface area contributed by atoms with Crippen molar-refractivity contribution in [3.05, 3.63) is 0 Å². The number of hydrazone groups is 1. The maximum absolute atomic E-state index is 10.4. The Kier molecular flexibility index (Phi) is 1.42. The molecule has 0 bridgehead atoms. The summed E-state index contributed by atoms with van der Waals surface area (Å²) in [6.07, 6.45) is 2.17. The first-order valence-electron chi connectivity index (χ1n) is 2.43. The van der Waals surface area contributed by atoms with Crippen molar-refractivity contribution in [3.8, 4) is 0 Å². The number of hydrogen-bond donors (Lipinski definition) is 1. The molecular formula is C3H7N3O2S. The summed E-state index contributed by atoms with van der Waals surface area (Å²) in [6, 6.07) is 0. The summed E-state index contributed by atoms with van der Waals surface area (Å²) in [4.78, 5) is 0. The maximum atomic E-state index is 10.4. The third-order valence-corrected chi connectivity index (χ3v) is 1.82. The molecule has 1 aliphatic rings. The summed E-state index contributed by atoms with van der Waals surface area (Å²) in [5.74, 6) is 0. The number of rotatable bonds is 1. The van der Waals surface area contributed by atoms with E-state index in [1.165, 1.54) is 6.21 Å². The molecule has 1 heterocycles. The van der Waals surface area contributed by atoms with Crippen LogP contribution in [0.3, 0.4) is 0 Å². The SMILES string of the molecule is NS(=O)(=O)N1CCC=N1. The molecule has 52 valence electrons. The van der Waals surface area contributed by atoms with Crippen LogP contribution in [0.1, 0.15) is 6.42 Å². The van der Waals surface area contributed by atoms with Gasteiger partial charge in [-0.1, -0.05) is 0 Å². The van der Waals surface area contributed by atoms with Crippen molar-refractivity contribution < 1.29 is 8.42 Å². The fourth-order valence-electron chi connectivity index (χ4n) is 0.568. The molecule has 0 amide bonds. The molecule has 0 saturated carbocycles. The van der Waals surface area contributed by atoms with Crippen molar-refractivity contribution >= 4 is 16.4 Å². The molecule has 0 unspecified atom stereocenters. The van der Waals surface area contributed by atoms with Gasteiger partial charge in [0.1, 0.15) is 0 Å². The molecular weight excluding hydrogens is 142 g/mol. The predicted molar refractivity (Wildman–Crippen MR) is 32.9 cm³/mol. The van der Waals surface area contributed by atoms with Gasteiger partial charge in [-0.25, -0.2) is 5.14 Å². The van der Waals surface area contributed by atoms with Crippen molar-refractivity contribution in [1.82, 2.24) is 4.41 Å². The third kappa shape index (κ3) is 1.39. The molecule has 0 aliphatic carbocycles. The zero-order valence-electron chi connectivity index (χ0n) is 4.69. The summed E-state index contributed by atoms with van der Waals surface area (Å²) in [5.41, 5.74) is 0. The first kappa shape index (κ1) is 6.50. The second-order valence-corrected chi connectivity index (χ2v) is 3.13. The van der Waals surface area contributed by atoms with Crippen molar-refractivity contribution in [2.45, 2.75) is 6.42 Å². The van der Waals surface area contributed by atoms with Crippen LogP contribution >= 0.6 is 0 Å². The fraction of sp³-hybridized carbons (Fsp3) is 0.667. The van der Waals surface area contributed by atoms with Gasteiger partial charge in [-0.05, 0) is 0 Å². The Morgan fingerprint density at radius 2 is 2.33 bits per heavy atom. The van der Waals surface area contributed by atoms with Gasteiger partial charge in [0.15, 0.2) is 0 Å². The standard InChI is InChI=1S/C3H7N3O2S/c4-9(7,8)6-3-1-2-5-6/h2H,1,3H2,(H2,4,7,8). The highest BCUT2D eigenvalue weighted by molar-refractivity contribution is 7.86. The molecule has 2 N–H and O–H groups in total. The predicted octanol–water partition coefficient (Wildman–Crippen LogP) is -1.12. The van der Waals surface area contributed by atoms with Crippen molar-refractivity contribution in [2.75, 3.05) is 6.54 Å². The number of nitrogens with zero attached hydrogens (tertiary/aromatic N) is 2. The lowest BCUT2D eigenvalue weighted by atomic mass is 10.5. The van der Waals surface area contributed by atoms with Crippen molar-refractivity contribution in [2.24, 2.45) is 10.2 Å². The average molecular weight is 149 g/mol. The Labute approximate surface area is 53.3 Å². The molecule has 9 heavy (non-hydrogen) atoms. The first-order chi connectivity index (χ1) is 4.11. The third-order valence-electron chi connectivity index (χ3n) is 0.954. The Morgan fingerprint density at radius 1 is 1.67 bits per heavy atom. The maximum Gasteiger partial charge on any atom is 0.313 e. The Balaban J connectivity index is 2.76. The minimum Gasteiger partial charge on any atom is -0.210 e. The van der Waals surface area contributed by atoms with Gasteiger partial charge in [-0.3, -0.25) is 0 Å². The van der Waals surface area contributed by atoms with E-state index in [0.29, 0.717) is 13.0 Å².